The van der Waals surface area contributed by atoms with Crippen LogP contribution in [0, 0.1) is 0 Å². The highest BCUT2D eigenvalue weighted by Crippen LogP contribution is 2.26. The second-order valence-corrected chi connectivity index (χ2v) is 4.61. The van der Waals surface area contributed by atoms with Crippen LogP contribution in [0.15, 0.2) is 36.0 Å². The average Bonchev–Trinajstić information content (AvgIpc) is 2.79. The molecule has 1 unspecified atom stereocenters. The zero-order valence-corrected chi connectivity index (χ0v) is 10.00. The Morgan fingerprint density at radius 3 is 3.00 bits per heavy atom. The summed E-state index contributed by atoms with van der Waals surface area (Å²) in [5.41, 5.74) is 7.35. The van der Waals surface area contributed by atoms with Crippen molar-refractivity contribution in [1.82, 2.24) is 4.98 Å². The van der Waals surface area contributed by atoms with E-state index in [0.717, 1.165) is 12.1 Å². The SMILES string of the molecule is CCC(Nc1cncc(N)c1)c1cccs1. The van der Waals surface area contributed by atoms with Crippen LogP contribution < -0.4 is 11.1 Å². The fourth-order valence-corrected chi connectivity index (χ4v) is 2.46. The van der Waals surface area contributed by atoms with Gasteiger partial charge in [-0.25, -0.2) is 0 Å². The van der Waals surface area contributed by atoms with Crippen molar-refractivity contribution in [1.29, 1.82) is 0 Å². The highest BCUT2D eigenvalue weighted by Gasteiger charge is 2.09. The molecule has 16 heavy (non-hydrogen) atoms. The number of nitrogens with one attached hydrogen (secondary N) is 1. The molecule has 2 rings (SSSR count). The summed E-state index contributed by atoms with van der Waals surface area (Å²) >= 11 is 1.76. The largest absolute Gasteiger partial charge is 0.397 e. The van der Waals surface area contributed by atoms with Gasteiger partial charge in [0.25, 0.3) is 0 Å². The van der Waals surface area contributed by atoms with Crippen molar-refractivity contribution in [3.05, 3.63) is 40.8 Å². The van der Waals surface area contributed by atoms with Crippen LogP contribution in [0.3, 0.4) is 0 Å². The molecule has 0 spiro atoms. The molecule has 1 atom stereocenters. The van der Waals surface area contributed by atoms with Gasteiger partial charge in [-0.15, -0.1) is 11.3 Å². The van der Waals surface area contributed by atoms with Gasteiger partial charge in [0.1, 0.15) is 0 Å². The smallest absolute Gasteiger partial charge is 0.0604 e. The van der Waals surface area contributed by atoms with Crippen LogP contribution in [-0.2, 0) is 0 Å². The minimum absolute atomic E-state index is 0.337. The third kappa shape index (κ3) is 2.52. The molecule has 0 amide bonds. The minimum Gasteiger partial charge on any atom is -0.397 e. The molecule has 84 valence electrons. The second kappa shape index (κ2) is 4.99. The van der Waals surface area contributed by atoms with Crippen LogP contribution in [0.25, 0.3) is 0 Å². The maximum absolute atomic E-state index is 5.69. The lowest BCUT2D eigenvalue weighted by Crippen LogP contribution is -2.08. The standard InChI is InChI=1S/C12H15N3S/c1-2-11(12-4-3-5-16-12)15-10-6-9(13)7-14-8-10/h3-8,11,15H,2,13H2,1H3. The predicted octanol–water partition coefficient (Wildman–Crippen LogP) is 3.29. The van der Waals surface area contributed by atoms with E-state index in [2.05, 4.69) is 34.7 Å². The number of thiophene rings is 1. The van der Waals surface area contributed by atoms with Crippen LogP contribution in [0.4, 0.5) is 11.4 Å². The lowest BCUT2D eigenvalue weighted by atomic mass is 10.2. The summed E-state index contributed by atoms with van der Waals surface area (Å²) in [4.78, 5) is 5.41. The molecule has 0 aliphatic heterocycles. The third-order valence-corrected chi connectivity index (χ3v) is 3.38. The number of nitrogen functional groups attached to an aromatic ring is 1. The Morgan fingerprint density at radius 2 is 2.38 bits per heavy atom. The number of aromatic nitrogens is 1. The van der Waals surface area contributed by atoms with E-state index in [1.807, 2.05) is 6.07 Å². The zero-order chi connectivity index (χ0) is 11.4. The second-order valence-electron chi connectivity index (χ2n) is 3.63. The summed E-state index contributed by atoms with van der Waals surface area (Å²) in [6, 6.07) is 6.46. The summed E-state index contributed by atoms with van der Waals surface area (Å²) in [6.07, 6.45) is 4.49. The van der Waals surface area contributed by atoms with Gasteiger partial charge in [-0.3, -0.25) is 4.98 Å². The predicted molar refractivity (Wildman–Crippen MR) is 69.6 cm³/mol. The highest BCUT2D eigenvalue weighted by molar-refractivity contribution is 7.10. The summed E-state index contributed by atoms with van der Waals surface area (Å²) in [7, 11) is 0. The minimum atomic E-state index is 0.337. The number of pyridine rings is 1. The van der Waals surface area contributed by atoms with E-state index in [1.165, 1.54) is 4.88 Å². The lowest BCUT2D eigenvalue weighted by Gasteiger charge is -2.16. The molecular formula is C12H15N3S. The maximum Gasteiger partial charge on any atom is 0.0604 e. The Kier molecular flexibility index (Phi) is 3.41. The number of hydrogen-bond donors (Lipinski definition) is 2. The van der Waals surface area contributed by atoms with Gasteiger partial charge in [-0.1, -0.05) is 13.0 Å². The Hall–Kier alpha value is -1.55. The van der Waals surface area contributed by atoms with Crippen molar-refractivity contribution in [2.24, 2.45) is 0 Å². The number of nitrogens with two attached hydrogens (primary N) is 1. The van der Waals surface area contributed by atoms with Gasteiger partial charge in [0, 0.05) is 11.1 Å². The van der Waals surface area contributed by atoms with Gasteiger partial charge in [0.15, 0.2) is 0 Å². The first-order valence-corrected chi connectivity index (χ1v) is 6.18. The first-order chi connectivity index (χ1) is 7.79. The molecule has 0 radical (unpaired) electrons. The van der Waals surface area contributed by atoms with Crippen LogP contribution in [0.5, 0.6) is 0 Å². The number of nitrogens with zero attached hydrogens (tertiary/aromatic N) is 1. The van der Waals surface area contributed by atoms with Gasteiger partial charge in [0.05, 0.1) is 23.6 Å². The van der Waals surface area contributed by atoms with E-state index in [-0.39, 0.29) is 0 Å². The molecule has 0 aliphatic carbocycles. The van der Waals surface area contributed by atoms with E-state index in [0.29, 0.717) is 11.7 Å². The first-order valence-electron chi connectivity index (χ1n) is 5.30. The molecule has 2 aromatic rings. The average molecular weight is 233 g/mol. The van der Waals surface area contributed by atoms with Crippen molar-refractivity contribution < 1.29 is 0 Å². The number of rotatable bonds is 4. The van der Waals surface area contributed by atoms with Crippen LogP contribution in [0.2, 0.25) is 0 Å². The number of anilines is 2. The third-order valence-electron chi connectivity index (χ3n) is 2.40. The summed E-state index contributed by atoms with van der Waals surface area (Å²) in [5, 5.41) is 5.53. The van der Waals surface area contributed by atoms with E-state index >= 15 is 0 Å². The van der Waals surface area contributed by atoms with Gasteiger partial charge < -0.3 is 11.1 Å². The first kappa shape index (κ1) is 11.0. The molecule has 2 aromatic heterocycles. The molecule has 0 aliphatic rings. The molecular weight excluding hydrogens is 218 g/mol. The zero-order valence-electron chi connectivity index (χ0n) is 9.18. The maximum atomic E-state index is 5.69. The summed E-state index contributed by atoms with van der Waals surface area (Å²) in [5.74, 6) is 0. The quantitative estimate of drug-likeness (QED) is 0.852. The molecule has 3 N–H and O–H groups in total. The van der Waals surface area contributed by atoms with E-state index < -0.39 is 0 Å². The van der Waals surface area contributed by atoms with Crippen molar-refractivity contribution in [3.8, 4) is 0 Å². The van der Waals surface area contributed by atoms with Gasteiger partial charge in [-0.05, 0) is 23.9 Å². The van der Waals surface area contributed by atoms with E-state index in [9.17, 15) is 0 Å². The monoisotopic (exact) mass is 233 g/mol. The molecule has 0 fully saturated rings. The molecule has 0 saturated carbocycles. The molecule has 3 nitrogen and oxygen atoms in total. The summed E-state index contributed by atoms with van der Waals surface area (Å²) < 4.78 is 0. The fourth-order valence-electron chi connectivity index (χ4n) is 1.60. The fraction of sp³-hybridized carbons (Fsp3) is 0.250. The van der Waals surface area contributed by atoms with Crippen molar-refractivity contribution in [2.45, 2.75) is 19.4 Å². The topological polar surface area (TPSA) is 50.9 Å². The lowest BCUT2D eigenvalue weighted by molar-refractivity contribution is 0.763. The Morgan fingerprint density at radius 1 is 1.50 bits per heavy atom. The Labute approximate surface area is 99.3 Å². The van der Waals surface area contributed by atoms with Crippen LogP contribution >= 0.6 is 11.3 Å². The Bertz CT molecular complexity index is 439. The normalized spacial score (nSPS) is 12.3. The molecule has 0 aromatic carbocycles. The van der Waals surface area contributed by atoms with E-state index in [4.69, 9.17) is 5.73 Å². The molecule has 2 heterocycles. The highest BCUT2D eigenvalue weighted by atomic mass is 32.1. The van der Waals surface area contributed by atoms with Gasteiger partial charge in [0.2, 0.25) is 0 Å². The molecule has 4 heteroatoms. The molecule has 0 bridgehead atoms. The summed E-state index contributed by atoms with van der Waals surface area (Å²) in [6.45, 7) is 2.16. The number of hydrogen-bond acceptors (Lipinski definition) is 4. The van der Waals surface area contributed by atoms with E-state index in [1.54, 1.807) is 23.7 Å². The van der Waals surface area contributed by atoms with Gasteiger partial charge >= 0.3 is 0 Å². The van der Waals surface area contributed by atoms with Crippen LogP contribution in [-0.4, -0.2) is 4.98 Å². The van der Waals surface area contributed by atoms with Crippen molar-refractivity contribution >= 4 is 22.7 Å². The van der Waals surface area contributed by atoms with Crippen molar-refractivity contribution in [3.63, 3.8) is 0 Å². The Balaban J connectivity index is 2.13. The van der Waals surface area contributed by atoms with Gasteiger partial charge in [-0.2, -0.15) is 0 Å². The van der Waals surface area contributed by atoms with Crippen LogP contribution in [0.1, 0.15) is 24.3 Å². The van der Waals surface area contributed by atoms with Crippen molar-refractivity contribution in [2.75, 3.05) is 11.1 Å². The molecule has 0 saturated heterocycles.